The van der Waals surface area contributed by atoms with Gasteiger partial charge in [0.25, 0.3) is 5.91 Å². The molecule has 26 heavy (non-hydrogen) atoms. The highest BCUT2D eigenvalue weighted by Crippen LogP contribution is 2.24. The molecule has 2 aromatic carbocycles. The highest BCUT2D eigenvalue weighted by atomic mass is 32.1. The summed E-state index contributed by atoms with van der Waals surface area (Å²) in [5.41, 5.74) is 3.77. The number of fused-ring (bicyclic) bond motifs is 1. The molecule has 0 N–H and O–H groups in total. The van der Waals surface area contributed by atoms with E-state index in [0.717, 1.165) is 44.9 Å². The molecule has 0 spiro atoms. The first-order valence-electron chi connectivity index (χ1n) is 8.96. The van der Waals surface area contributed by atoms with Crippen LogP contribution in [0.3, 0.4) is 0 Å². The van der Waals surface area contributed by atoms with Gasteiger partial charge in [-0.25, -0.2) is 0 Å². The number of hydrogen-bond donors (Lipinski definition) is 0. The van der Waals surface area contributed by atoms with Crippen molar-refractivity contribution in [3.63, 3.8) is 0 Å². The Morgan fingerprint density at radius 2 is 1.96 bits per heavy atom. The van der Waals surface area contributed by atoms with E-state index in [0.29, 0.717) is 12.2 Å². The lowest BCUT2D eigenvalue weighted by Gasteiger charge is -2.05. The first kappa shape index (κ1) is 18.4. The molecule has 136 valence electrons. The van der Waals surface area contributed by atoms with E-state index in [1.165, 1.54) is 11.3 Å². The fourth-order valence-corrected chi connectivity index (χ4v) is 4.03. The van der Waals surface area contributed by atoms with Crippen LogP contribution in [-0.2, 0) is 6.54 Å². The van der Waals surface area contributed by atoms with E-state index in [9.17, 15) is 4.79 Å². The van der Waals surface area contributed by atoms with Gasteiger partial charge < -0.3 is 9.30 Å². The predicted molar refractivity (Wildman–Crippen MR) is 107 cm³/mol. The summed E-state index contributed by atoms with van der Waals surface area (Å²) in [4.78, 5) is 18.0. The standard InChI is InChI=1S/C21H24N2O2S/c1-5-11-23-18-10-9-16(25-6-2)13-19(18)26-21(23)22-20(24)17-12-14(3)7-8-15(17)4/h7-10,12-13H,5-6,11H2,1-4H3. The molecule has 5 heteroatoms. The second-order valence-corrected chi connectivity index (χ2v) is 7.34. The first-order chi connectivity index (χ1) is 12.5. The SMILES string of the molecule is CCCn1c(=NC(=O)c2cc(C)ccc2C)sc2cc(OCC)ccc21. The molecule has 0 radical (unpaired) electrons. The summed E-state index contributed by atoms with van der Waals surface area (Å²) in [6.07, 6.45) is 0.976. The number of nitrogens with zero attached hydrogens (tertiary/aromatic N) is 2. The van der Waals surface area contributed by atoms with Gasteiger partial charge in [0.05, 0.1) is 16.8 Å². The van der Waals surface area contributed by atoms with Crippen molar-refractivity contribution in [3.05, 3.63) is 57.9 Å². The van der Waals surface area contributed by atoms with Crippen molar-refractivity contribution in [1.82, 2.24) is 4.57 Å². The van der Waals surface area contributed by atoms with E-state index in [-0.39, 0.29) is 5.91 Å². The van der Waals surface area contributed by atoms with Crippen molar-refractivity contribution in [3.8, 4) is 5.75 Å². The molecule has 3 rings (SSSR count). The largest absolute Gasteiger partial charge is 0.494 e. The van der Waals surface area contributed by atoms with Crippen molar-refractivity contribution in [2.45, 2.75) is 40.7 Å². The molecule has 0 saturated carbocycles. The van der Waals surface area contributed by atoms with Crippen LogP contribution in [0.4, 0.5) is 0 Å². The van der Waals surface area contributed by atoms with Gasteiger partial charge in [-0.1, -0.05) is 36.0 Å². The lowest BCUT2D eigenvalue weighted by molar-refractivity contribution is 0.0997. The normalized spacial score (nSPS) is 11.9. The van der Waals surface area contributed by atoms with Gasteiger partial charge >= 0.3 is 0 Å². The smallest absolute Gasteiger partial charge is 0.279 e. The van der Waals surface area contributed by atoms with Gasteiger partial charge in [-0.05, 0) is 57.0 Å². The maximum atomic E-state index is 12.8. The summed E-state index contributed by atoms with van der Waals surface area (Å²) >= 11 is 1.53. The van der Waals surface area contributed by atoms with Crippen LogP contribution in [0.15, 0.2) is 41.4 Å². The number of ether oxygens (including phenoxy) is 1. The van der Waals surface area contributed by atoms with Crippen LogP contribution in [0.2, 0.25) is 0 Å². The van der Waals surface area contributed by atoms with Gasteiger partial charge in [0.15, 0.2) is 4.80 Å². The Kier molecular flexibility index (Phi) is 5.57. The van der Waals surface area contributed by atoms with E-state index in [4.69, 9.17) is 4.74 Å². The van der Waals surface area contributed by atoms with Crippen LogP contribution < -0.4 is 9.54 Å². The number of aryl methyl sites for hydroxylation is 3. The number of hydrogen-bond acceptors (Lipinski definition) is 3. The Morgan fingerprint density at radius 3 is 2.69 bits per heavy atom. The molecule has 0 unspecified atom stereocenters. The van der Waals surface area contributed by atoms with E-state index >= 15 is 0 Å². The van der Waals surface area contributed by atoms with Gasteiger partial charge in [0, 0.05) is 12.1 Å². The van der Waals surface area contributed by atoms with Gasteiger partial charge in [-0.3, -0.25) is 4.79 Å². The zero-order valence-electron chi connectivity index (χ0n) is 15.7. The first-order valence-corrected chi connectivity index (χ1v) is 9.77. The van der Waals surface area contributed by atoms with Crippen LogP contribution >= 0.6 is 11.3 Å². The van der Waals surface area contributed by atoms with E-state index in [2.05, 4.69) is 16.5 Å². The van der Waals surface area contributed by atoms with Gasteiger partial charge in [-0.15, -0.1) is 0 Å². The average Bonchev–Trinajstić information content (AvgIpc) is 2.94. The molecule has 0 aliphatic heterocycles. The van der Waals surface area contributed by atoms with Crippen molar-refractivity contribution in [1.29, 1.82) is 0 Å². The van der Waals surface area contributed by atoms with Crippen molar-refractivity contribution in [2.75, 3.05) is 6.61 Å². The van der Waals surface area contributed by atoms with Gasteiger partial charge in [0.1, 0.15) is 5.75 Å². The average molecular weight is 369 g/mol. The minimum Gasteiger partial charge on any atom is -0.494 e. The number of rotatable bonds is 5. The number of thiazole rings is 1. The molecule has 0 fully saturated rings. The minimum atomic E-state index is -0.187. The highest BCUT2D eigenvalue weighted by molar-refractivity contribution is 7.16. The van der Waals surface area contributed by atoms with E-state index in [1.54, 1.807) is 0 Å². The fraction of sp³-hybridized carbons (Fsp3) is 0.333. The predicted octanol–water partition coefficient (Wildman–Crippen LogP) is 4.87. The number of carbonyl (C=O) groups is 1. The highest BCUT2D eigenvalue weighted by Gasteiger charge is 2.11. The lowest BCUT2D eigenvalue weighted by Crippen LogP contribution is -2.17. The van der Waals surface area contributed by atoms with Crippen LogP contribution in [0, 0.1) is 13.8 Å². The number of amides is 1. The molecule has 0 aliphatic carbocycles. The molecule has 3 aromatic rings. The Hall–Kier alpha value is -2.40. The van der Waals surface area contributed by atoms with Crippen LogP contribution in [0.5, 0.6) is 5.75 Å². The minimum absolute atomic E-state index is 0.187. The summed E-state index contributed by atoms with van der Waals surface area (Å²) in [6, 6.07) is 11.9. The summed E-state index contributed by atoms with van der Waals surface area (Å²) in [6.45, 7) is 9.49. The summed E-state index contributed by atoms with van der Waals surface area (Å²) < 4.78 is 8.81. The van der Waals surface area contributed by atoms with Crippen molar-refractivity contribution in [2.24, 2.45) is 4.99 Å². The second kappa shape index (κ2) is 7.87. The Labute approximate surface area is 157 Å². The third kappa shape index (κ3) is 3.73. The summed E-state index contributed by atoms with van der Waals surface area (Å²) in [7, 11) is 0. The van der Waals surface area contributed by atoms with Crippen LogP contribution in [0.25, 0.3) is 10.2 Å². The molecular weight excluding hydrogens is 344 g/mol. The molecule has 0 saturated heterocycles. The van der Waals surface area contributed by atoms with Crippen molar-refractivity contribution >= 4 is 27.5 Å². The molecule has 4 nitrogen and oxygen atoms in total. The topological polar surface area (TPSA) is 43.6 Å². The van der Waals surface area contributed by atoms with Crippen LogP contribution in [0.1, 0.15) is 41.8 Å². The van der Waals surface area contributed by atoms with E-state index in [1.807, 2.05) is 57.2 Å². The van der Waals surface area contributed by atoms with E-state index < -0.39 is 0 Å². The van der Waals surface area contributed by atoms with Gasteiger partial charge in [-0.2, -0.15) is 4.99 Å². The summed E-state index contributed by atoms with van der Waals surface area (Å²) in [5, 5.41) is 0. The molecule has 0 atom stereocenters. The Bertz CT molecular complexity index is 1010. The summed E-state index contributed by atoms with van der Waals surface area (Å²) in [5.74, 6) is 0.657. The second-order valence-electron chi connectivity index (χ2n) is 6.33. The van der Waals surface area contributed by atoms with Crippen molar-refractivity contribution < 1.29 is 9.53 Å². The third-order valence-electron chi connectivity index (χ3n) is 4.23. The van der Waals surface area contributed by atoms with Crippen LogP contribution in [-0.4, -0.2) is 17.1 Å². The Morgan fingerprint density at radius 1 is 1.15 bits per heavy atom. The number of aromatic nitrogens is 1. The third-order valence-corrected chi connectivity index (χ3v) is 5.27. The molecule has 1 amide bonds. The fourth-order valence-electron chi connectivity index (χ4n) is 2.95. The Balaban J connectivity index is 2.12. The lowest BCUT2D eigenvalue weighted by atomic mass is 10.1. The quantitative estimate of drug-likeness (QED) is 0.645. The maximum Gasteiger partial charge on any atom is 0.279 e. The van der Waals surface area contributed by atoms with Gasteiger partial charge in [0.2, 0.25) is 0 Å². The maximum absolute atomic E-state index is 12.8. The monoisotopic (exact) mass is 368 g/mol. The number of carbonyl (C=O) groups excluding carboxylic acids is 1. The molecule has 0 aliphatic rings. The zero-order chi connectivity index (χ0) is 18.7. The molecule has 1 aromatic heterocycles. The molecular formula is C21H24N2O2S. The molecule has 1 heterocycles. The zero-order valence-corrected chi connectivity index (χ0v) is 16.5. The number of benzene rings is 2. The molecule has 0 bridgehead atoms.